The Morgan fingerprint density at radius 1 is 0.925 bits per heavy atom. The SMILES string of the molecule is CC(=O)N(Cc1cccc(-c2sc(C(=O)O)c(OCC(=O)O)c2Br)c1)Cc1cc(C(F)(F)F)cc(C(F)(F)F)c1. The first-order valence-electron chi connectivity index (χ1n) is 11.0. The number of benzene rings is 2. The summed E-state index contributed by atoms with van der Waals surface area (Å²) in [5.74, 6) is -3.51. The fourth-order valence-corrected chi connectivity index (χ4v) is 5.51. The van der Waals surface area contributed by atoms with Gasteiger partial charge in [0.25, 0.3) is 0 Å². The van der Waals surface area contributed by atoms with Gasteiger partial charge in [0.2, 0.25) is 5.91 Å². The first-order valence-corrected chi connectivity index (χ1v) is 12.6. The smallest absolute Gasteiger partial charge is 0.416 e. The molecule has 0 saturated carbocycles. The molecule has 2 aromatic carbocycles. The summed E-state index contributed by atoms with van der Waals surface area (Å²) in [5.41, 5.74) is -2.51. The van der Waals surface area contributed by atoms with Crippen molar-refractivity contribution in [2.45, 2.75) is 32.4 Å². The first kappa shape index (κ1) is 30.9. The fraction of sp³-hybridized carbons (Fsp3) is 0.240. The van der Waals surface area contributed by atoms with Gasteiger partial charge in [-0.05, 0) is 56.9 Å². The summed E-state index contributed by atoms with van der Waals surface area (Å²) in [4.78, 5) is 36.0. The highest BCUT2D eigenvalue weighted by Gasteiger charge is 2.37. The lowest BCUT2D eigenvalue weighted by molar-refractivity contribution is -0.143. The summed E-state index contributed by atoms with van der Waals surface area (Å²) in [6, 6.07) is 7.36. The Kier molecular flexibility index (Phi) is 9.19. The third kappa shape index (κ3) is 7.53. The Bertz CT molecular complexity index is 1420. The zero-order chi connectivity index (χ0) is 30.0. The van der Waals surface area contributed by atoms with Crippen LogP contribution in [0.4, 0.5) is 26.3 Å². The standard InChI is InChI=1S/C25H18BrF6NO6S/c1-12(34)33(10-14-6-16(24(27,28)29)8-17(7-14)25(30,31)32)9-13-3-2-4-15(5-13)21-19(26)20(39-11-18(35)36)22(40-21)23(37)38/h2-8H,9-11H2,1H3,(H,35,36)(H,37,38). The number of carboxylic acid groups (broad SMARTS) is 2. The Balaban J connectivity index is 1.95. The number of carbonyl (C=O) groups excluding carboxylic acids is 1. The fourth-order valence-electron chi connectivity index (χ4n) is 3.63. The summed E-state index contributed by atoms with van der Waals surface area (Å²) < 4.78 is 84.8. The van der Waals surface area contributed by atoms with Crippen LogP contribution in [0.3, 0.4) is 0 Å². The predicted molar refractivity (Wildman–Crippen MR) is 134 cm³/mol. The maximum atomic E-state index is 13.3. The number of halogens is 7. The molecule has 0 radical (unpaired) electrons. The number of alkyl halides is 6. The molecule has 0 fully saturated rings. The highest BCUT2D eigenvalue weighted by molar-refractivity contribution is 9.10. The maximum absolute atomic E-state index is 13.3. The molecule has 40 heavy (non-hydrogen) atoms. The number of amides is 1. The van der Waals surface area contributed by atoms with Crippen LogP contribution in [0.5, 0.6) is 5.75 Å². The first-order chi connectivity index (χ1) is 18.5. The van der Waals surface area contributed by atoms with E-state index < -0.39 is 54.5 Å². The van der Waals surface area contributed by atoms with Gasteiger partial charge in [-0.25, -0.2) is 9.59 Å². The minimum Gasteiger partial charge on any atom is -0.479 e. The van der Waals surface area contributed by atoms with E-state index in [0.29, 0.717) is 28.1 Å². The average Bonchev–Trinajstić information content (AvgIpc) is 3.17. The molecule has 0 aliphatic heterocycles. The van der Waals surface area contributed by atoms with Crippen molar-refractivity contribution < 1.29 is 55.7 Å². The third-order valence-electron chi connectivity index (χ3n) is 5.37. The topological polar surface area (TPSA) is 104 Å². The molecule has 1 heterocycles. The molecule has 7 nitrogen and oxygen atoms in total. The molecular formula is C25H18BrF6NO6S. The summed E-state index contributed by atoms with van der Waals surface area (Å²) >= 11 is 4.01. The van der Waals surface area contributed by atoms with Crippen molar-refractivity contribution >= 4 is 45.1 Å². The van der Waals surface area contributed by atoms with Crippen molar-refractivity contribution in [3.05, 3.63) is 74.1 Å². The molecule has 214 valence electrons. The van der Waals surface area contributed by atoms with Gasteiger partial charge in [0.1, 0.15) is 0 Å². The number of aromatic carboxylic acids is 1. The lowest BCUT2D eigenvalue weighted by Crippen LogP contribution is -2.28. The molecule has 0 spiro atoms. The normalized spacial score (nSPS) is 11.8. The summed E-state index contributed by atoms with van der Waals surface area (Å²) in [6.45, 7) is -0.430. The Morgan fingerprint density at radius 3 is 2.00 bits per heavy atom. The van der Waals surface area contributed by atoms with Crippen molar-refractivity contribution in [3.63, 3.8) is 0 Å². The number of carbonyl (C=O) groups is 3. The van der Waals surface area contributed by atoms with E-state index in [4.69, 9.17) is 9.84 Å². The molecule has 0 atom stereocenters. The van der Waals surface area contributed by atoms with E-state index in [1.165, 1.54) is 0 Å². The Morgan fingerprint density at radius 2 is 1.50 bits per heavy atom. The van der Waals surface area contributed by atoms with Crippen LogP contribution in [-0.2, 0) is 35.0 Å². The molecule has 0 aliphatic carbocycles. The molecule has 1 aromatic heterocycles. The quantitative estimate of drug-likeness (QED) is 0.243. The van der Waals surface area contributed by atoms with Crippen molar-refractivity contribution in [1.82, 2.24) is 4.90 Å². The summed E-state index contributed by atoms with van der Waals surface area (Å²) in [5, 5.41) is 18.4. The van der Waals surface area contributed by atoms with Gasteiger partial charge >= 0.3 is 24.3 Å². The van der Waals surface area contributed by atoms with E-state index in [0.717, 1.165) is 23.2 Å². The van der Waals surface area contributed by atoms with Gasteiger partial charge in [-0.15, -0.1) is 11.3 Å². The number of nitrogens with zero attached hydrogens (tertiary/aromatic N) is 1. The van der Waals surface area contributed by atoms with Gasteiger partial charge in [-0.1, -0.05) is 18.2 Å². The van der Waals surface area contributed by atoms with Crippen LogP contribution in [-0.4, -0.2) is 39.6 Å². The van der Waals surface area contributed by atoms with Crippen molar-refractivity contribution in [2.24, 2.45) is 0 Å². The van der Waals surface area contributed by atoms with E-state index in [-0.39, 0.29) is 33.3 Å². The van der Waals surface area contributed by atoms with Crippen molar-refractivity contribution in [2.75, 3.05) is 6.61 Å². The molecule has 0 unspecified atom stereocenters. The third-order valence-corrected chi connectivity index (χ3v) is 7.60. The predicted octanol–water partition coefficient (Wildman–Crippen LogP) is 6.93. The van der Waals surface area contributed by atoms with E-state index in [2.05, 4.69) is 15.9 Å². The van der Waals surface area contributed by atoms with Gasteiger partial charge in [0, 0.05) is 20.0 Å². The van der Waals surface area contributed by atoms with E-state index in [9.17, 15) is 45.8 Å². The van der Waals surface area contributed by atoms with Crippen LogP contribution < -0.4 is 4.74 Å². The van der Waals surface area contributed by atoms with Gasteiger partial charge in [0.15, 0.2) is 17.2 Å². The molecule has 2 N–H and O–H groups in total. The maximum Gasteiger partial charge on any atom is 0.416 e. The largest absolute Gasteiger partial charge is 0.479 e. The highest BCUT2D eigenvalue weighted by Crippen LogP contribution is 2.46. The number of ether oxygens (including phenoxy) is 1. The average molecular weight is 654 g/mol. The van der Waals surface area contributed by atoms with Gasteiger partial charge in [-0.3, -0.25) is 4.79 Å². The summed E-state index contributed by atoms with van der Waals surface area (Å²) in [7, 11) is 0. The van der Waals surface area contributed by atoms with E-state index >= 15 is 0 Å². The number of rotatable bonds is 9. The van der Waals surface area contributed by atoms with Crippen LogP contribution in [0.25, 0.3) is 10.4 Å². The lowest BCUT2D eigenvalue weighted by Gasteiger charge is -2.23. The second-order valence-electron chi connectivity index (χ2n) is 8.38. The minimum atomic E-state index is -5.04. The van der Waals surface area contributed by atoms with Crippen molar-refractivity contribution in [1.29, 1.82) is 0 Å². The minimum absolute atomic E-state index is 0.00375. The van der Waals surface area contributed by atoms with Crippen LogP contribution in [0.1, 0.15) is 38.8 Å². The van der Waals surface area contributed by atoms with Gasteiger partial charge < -0.3 is 19.8 Å². The molecule has 0 bridgehead atoms. The second-order valence-corrected chi connectivity index (χ2v) is 10.2. The number of hydrogen-bond acceptors (Lipinski definition) is 5. The monoisotopic (exact) mass is 653 g/mol. The zero-order valence-corrected chi connectivity index (χ0v) is 22.6. The van der Waals surface area contributed by atoms with Crippen LogP contribution in [0.15, 0.2) is 46.9 Å². The van der Waals surface area contributed by atoms with E-state index in [1.807, 2.05) is 0 Å². The second kappa shape index (κ2) is 11.9. The Labute approximate surface area is 234 Å². The van der Waals surface area contributed by atoms with Crippen LogP contribution in [0, 0.1) is 0 Å². The molecule has 15 heteroatoms. The van der Waals surface area contributed by atoms with Gasteiger partial charge in [0.05, 0.1) is 20.5 Å². The molecule has 1 amide bonds. The molecule has 0 saturated heterocycles. The molecular weight excluding hydrogens is 636 g/mol. The molecule has 3 rings (SSSR count). The van der Waals surface area contributed by atoms with Crippen LogP contribution >= 0.6 is 27.3 Å². The number of aliphatic carboxylic acids is 1. The number of carboxylic acids is 2. The number of thiophene rings is 1. The van der Waals surface area contributed by atoms with Crippen LogP contribution in [0.2, 0.25) is 0 Å². The van der Waals surface area contributed by atoms with Crippen molar-refractivity contribution in [3.8, 4) is 16.2 Å². The Hall–Kier alpha value is -3.59. The zero-order valence-electron chi connectivity index (χ0n) is 20.2. The highest BCUT2D eigenvalue weighted by atomic mass is 79.9. The van der Waals surface area contributed by atoms with E-state index in [1.54, 1.807) is 24.3 Å². The number of hydrogen-bond donors (Lipinski definition) is 2. The lowest BCUT2D eigenvalue weighted by atomic mass is 10.0. The summed E-state index contributed by atoms with van der Waals surface area (Å²) in [6.07, 6.45) is -10.1. The molecule has 0 aliphatic rings. The van der Waals surface area contributed by atoms with Gasteiger partial charge in [-0.2, -0.15) is 26.3 Å². The molecule has 3 aromatic rings.